The van der Waals surface area contributed by atoms with E-state index < -0.39 is 0 Å². The maximum absolute atomic E-state index is 11.6. The van der Waals surface area contributed by atoms with Gasteiger partial charge in [-0.2, -0.15) is 0 Å². The van der Waals surface area contributed by atoms with Crippen molar-refractivity contribution < 1.29 is 9.90 Å². The molecule has 1 aromatic heterocycles. The second kappa shape index (κ2) is 6.45. The molecule has 0 aliphatic rings. The van der Waals surface area contributed by atoms with Gasteiger partial charge in [0, 0.05) is 24.5 Å². The van der Waals surface area contributed by atoms with Crippen molar-refractivity contribution in [3.05, 3.63) is 28.5 Å². The van der Waals surface area contributed by atoms with Crippen LogP contribution in [0.15, 0.2) is 23.6 Å². The zero-order valence-corrected chi connectivity index (χ0v) is 10.4. The largest absolute Gasteiger partial charge is 0.393 e. The van der Waals surface area contributed by atoms with Crippen LogP contribution in [0, 0.1) is 0 Å². The summed E-state index contributed by atoms with van der Waals surface area (Å²) in [7, 11) is 1.74. The molecular formula is C12H17NO2S. The molecule has 3 nitrogen and oxygen atoms in total. The summed E-state index contributed by atoms with van der Waals surface area (Å²) < 4.78 is 0. The second-order valence-electron chi connectivity index (χ2n) is 3.75. The average Bonchev–Trinajstić information content (AvgIpc) is 2.75. The summed E-state index contributed by atoms with van der Waals surface area (Å²) in [4.78, 5) is 14.3. The molecule has 0 spiro atoms. The van der Waals surface area contributed by atoms with Crippen molar-refractivity contribution in [3.8, 4) is 0 Å². The van der Waals surface area contributed by atoms with Crippen molar-refractivity contribution in [2.45, 2.75) is 19.4 Å². The SMILES string of the molecule is CC(O)CCN(C)C(=O)/C=C/c1cccs1. The number of rotatable bonds is 5. The van der Waals surface area contributed by atoms with E-state index in [1.54, 1.807) is 36.3 Å². The molecule has 0 radical (unpaired) electrons. The highest BCUT2D eigenvalue weighted by Crippen LogP contribution is 2.10. The summed E-state index contributed by atoms with van der Waals surface area (Å²) in [6.45, 7) is 2.30. The first kappa shape index (κ1) is 12.9. The Morgan fingerprint density at radius 3 is 3.00 bits per heavy atom. The number of aliphatic hydroxyl groups excluding tert-OH is 1. The lowest BCUT2D eigenvalue weighted by atomic mass is 10.2. The molecule has 1 N–H and O–H groups in total. The van der Waals surface area contributed by atoms with Gasteiger partial charge in [0.25, 0.3) is 0 Å². The molecule has 0 saturated carbocycles. The Kier molecular flexibility index (Phi) is 5.22. The highest BCUT2D eigenvalue weighted by Gasteiger charge is 2.05. The van der Waals surface area contributed by atoms with Gasteiger partial charge in [0.15, 0.2) is 0 Å². The van der Waals surface area contributed by atoms with Gasteiger partial charge in [-0.15, -0.1) is 11.3 Å². The summed E-state index contributed by atoms with van der Waals surface area (Å²) in [5.41, 5.74) is 0. The third-order valence-electron chi connectivity index (χ3n) is 2.19. The Morgan fingerprint density at radius 2 is 2.44 bits per heavy atom. The minimum Gasteiger partial charge on any atom is -0.393 e. The van der Waals surface area contributed by atoms with Gasteiger partial charge in [0.2, 0.25) is 5.91 Å². The van der Waals surface area contributed by atoms with Crippen molar-refractivity contribution >= 4 is 23.3 Å². The lowest BCUT2D eigenvalue weighted by molar-refractivity contribution is -0.124. The lowest BCUT2D eigenvalue weighted by Gasteiger charge is -2.15. The van der Waals surface area contributed by atoms with Gasteiger partial charge in [0.1, 0.15) is 0 Å². The zero-order chi connectivity index (χ0) is 12.0. The molecule has 1 aromatic rings. The lowest BCUT2D eigenvalue weighted by Crippen LogP contribution is -2.27. The van der Waals surface area contributed by atoms with Crippen LogP contribution in [-0.4, -0.2) is 35.6 Å². The van der Waals surface area contributed by atoms with Crippen LogP contribution in [0.5, 0.6) is 0 Å². The fourth-order valence-electron chi connectivity index (χ4n) is 1.16. The number of likely N-dealkylation sites (N-methyl/N-ethyl adjacent to an activating group) is 1. The van der Waals surface area contributed by atoms with Crippen molar-refractivity contribution in [3.63, 3.8) is 0 Å². The molecule has 0 bridgehead atoms. The van der Waals surface area contributed by atoms with Crippen molar-refractivity contribution in [1.82, 2.24) is 4.90 Å². The van der Waals surface area contributed by atoms with E-state index in [4.69, 9.17) is 5.11 Å². The summed E-state index contributed by atoms with van der Waals surface area (Å²) in [6, 6.07) is 3.91. The topological polar surface area (TPSA) is 40.5 Å². The summed E-state index contributed by atoms with van der Waals surface area (Å²) in [6.07, 6.45) is 3.62. The third-order valence-corrected chi connectivity index (χ3v) is 3.03. The first-order valence-electron chi connectivity index (χ1n) is 5.24. The molecule has 1 amide bonds. The number of hydrogen-bond donors (Lipinski definition) is 1. The number of carbonyl (C=O) groups is 1. The maximum atomic E-state index is 11.6. The Bertz CT molecular complexity index is 344. The van der Waals surface area contributed by atoms with Crippen LogP contribution in [0.3, 0.4) is 0 Å². The summed E-state index contributed by atoms with van der Waals surface area (Å²) >= 11 is 1.60. The van der Waals surface area contributed by atoms with Gasteiger partial charge in [-0.25, -0.2) is 0 Å². The monoisotopic (exact) mass is 239 g/mol. The number of nitrogens with zero attached hydrogens (tertiary/aromatic N) is 1. The van der Waals surface area contributed by atoms with E-state index in [1.807, 2.05) is 23.6 Å². The standard InChI is InChI=1S/C12H17NO2S/c1-10(14)7-8-13(2)12(15)6-5-11-4-3-9-16-11/h3-6,9-10,14H,7-8H2,1-2H3/b6-5+. The van der Waals surface area contributed by atoms with Crippen LogP contribution in [-0.2, 0) is 4.79 Å². The summed E-state index contributed by atoms with van der Waals surface area (Å²) in [5, 5.41) is 11.1. The molecule has 0 saturated heterocycles. The Hall–Kier alpha value is -1.13. The van der Waals surface area contributed by atoms with Gasteiger partial charge < -0.3 is 10.0 Å². The van der Waals surface area contributed by atoms with Crippen molar-refractivity contribution in [1.29, 1.82) is 0 Å². The molecule has 0 aromatic carbocycles. The molecule has 0 aliphatic carbocycles. The van der Waals surface area contributed by atoms with Crippen LogP contribution in [0.25, 0.3) is 6.08 Å². The molecule has 0 fully saturated rings. The Labute approximate surface area is 100 Å². The highest BCUT2D eigenvalue weighted by molar-refractivity contribution is 7.10. The minimum absolute atomic E-state index is 0.0333. The molecular weight excluding hydrogens is 222 g/mol. The van der Waals surface area contributed by atoms with E-state index in [0.717, 1.165) is 4.88 Å². The van der Waals surface area contributed by atoms with Gasteiger partial charge in [-0.3, -0.25) is 4.79 Å². The normalized spacial score (nSPS) is 12.9. The molecule has 16 heavy (non-hydrogen) atoms. The predicted octanol–water partition coefficient (Wildman–Crippen LogP) is 1.99. The van der Waals surface area contributed by atoms with Crippen LogP contribution < -0.4 is 0 Å². The van der Waals surface area contributed by atoms with E-state index in [2.05, 4.69) is 0 Å². The van der Waals surface area contributed by atoms with Crippen LogP contribution >= 0.6 is 11.3 Å². The Balaban J connectivity index is 2.39. The molecule has 1 rings (SSSR count). The number of hydrogen-bond acceptors (Lipinski definition) is 3. The van der Waals surface area contributed by atoms with Gasteiger partial charge in [-0.05, 0) is 30.9 Å². The molecule has 4 heteroatoms. The van der Waals surface area contributed by atoms with E-state index >= 15 is 0 Å². The summed E-state index contributed by atoms with van der Waals surface area (Å²) in [5.74, 6) is -0.0333. The first-order valence-corrected chi connectivity index (χ1v) is 6.12. The number of thiophene rings is 1. The average molecular weight is 239 g/mol. The highest BCUT2D eigenvalue weighted by atomic mass is 32.1. The quantitative estimate of drug-likeness (QED) is 0.798. The van der Waals surface area contributed by atoms with Crippen LogP contribution in [0.2, 0.25) is 0 Å². The molecule has 1 heterocycles. The maximum Gasteiger partial charge on any atom is 0.246 e. The van der Waals surface area contributed by atoms with Crippen molar-refractivity contribution in [2.24, 2.45) is 0 Å². The van der Waals surface area contributed by atoms with Crippen LogP contribution in [0.4, 0.5) is 0 Å². The fourth-order valence-corrected chi connectivity index (χ4v) is 1.78. The minimum atomic E-state index is -0.364. The third kappa shape index (κ3) is 4.59. The zero-order valence-electron chi connectivity index (χ0n) is 9.59. The predicted molar refractivity (Wildman–Crippen MR) is 67.3 cm³/mol. The van der Waals surface area contributed by atoms with E-state index in [9.17, 15) is 4.79 Å². The molecule has 0 aliphatic heterocycles. The van der Waals surface area contributed by atoms with Crippen molar-refractivity contribution in [2.75, 3.05) is 13.6 Å². The molecule has 1 atom stereocenters. The van der Waals surface area contributed by atoms with E-state index in [1.165, 1.54) is 0 Å². The number of aliphatic hydroxyl groups is 1. The Morgan fingerprint density at radius 1 is 1.69 bits per heavy atom. The fraction of sp³-hybridized carbons (Fsp3) is 0.417. The van der Waals surface area contributed by atoms with E-state index in [0.29, 0.717) is 13.0 Å². The van der Waals surface area contributed by atoms with E-state index in [-0.39, 0.29) is 12.0 Å². The number of amides is 1. The molecule has 88 valence electrons. The van der Waals surface area contributed by atoms with Gasteiger partial charge in [0.05, 0.1) is 6.10 Å². The van der Waals surface area contributed by atoms with Gasteiger partial charge in [-0.1, -0.05) is 6.07 Å². The first-order chi connectivity index (χ1) is 7.59. The van der Waals surface area contributed by atoms with Crippen LogP contribution in [0.1, 0.15) is 18.2 Å². The van der Waals surface area contributed by atoms with Gasteiger partial charge >= 0.3 is 0 Å². The smallest absolute Gasteiger partial charge is 0.246 e. The molecule has 1 unspecified atom stereocenters. The number of carbonyl (C=O) groups excluding carboxylic acids is 1. The second-order valence-corrected chi connectivity index (χ2v) is 4.73.